The molecule has 0 aromatic rings. The SMILES string of the molecule is CCCCCCCC/C=C\CCCCCCCCCCCCCCCC(=O)N[C@@H](CO[C@@H]1O[C@H](CO)[C@@H](O)C(O)C1O)[C@H](O)/C=C/CCCCCCCCCCCCC. The Labute approximate surface area is 362 Å². The Morgan fingerprint density at radius 2 is 0.949 bits per heavy atom. The van der Waals surface area contributed by atoms with Crippen LogP contribution in [0.3, 0.4) is 0 Å². The molecule has 0 spiro atoms. The number of carbonyl (C=O) groups is 1. The summed E-state index contributed by atoms with van der Waals surface area (Å²) in [6, 6.07) is -0.801. The minimum Gasteiger partial charge on any atom is -0.394 e. The smallest absolute Gasteiger partial charge is 0.220 e. The number of aliphatic hydroxyl groups excluding tert-OH is 5. The van der Waals surface area contributed by atoms with Crippen molar-refractivity contribution in [2.45, 2.75) is 275 Å². The Morgan fingerprint density at radius 1 is 0.559 bits per heavy atom. The standard InChI is InChI=1S/C50H95NO8/c1-3-5-7-9-11-13-15-17-18-19-20-21-22-23-24-25-26-28-30-32-34-36-38-40-46(54)51-43(42-58-50-49(57)48(56)47(55)45(41-52)59-50)44(53)39-37-35-33-31-29-27-16-14-12-10-8-6-4-2/h17-18,37,39,43-45,47-50,52-53,55-57H,3-16,19-36,38,40-42H2,1-2H3,(H,51,54)/b18-17-,39-37+/t43-,44+,45+,47+,48?,49?,50+/m0/s1. The van der Waals surface area contributed by atoms with E-state index in [1.54, 1.807) is 6.08 Å². The maximum atomic E-state index is 13.0. The van der Waals surface area contributed by atoms with Crippen LogP contribution in [0.4, 0.5) is 0 Å². The molecule has 7 atom stereocenters. The van der Waals surface area contributed by atoms with Gasteiger partial charge in [-0.3, -0.25) is 4.79 Å². The van der Waals surface area contributed by atoms with Crippen molar-refractivity contribution in [3.63, 3.8) is 0 Å². The van der Waals surface area contributed by atoms with Crippen molar-refractivity contribution in [3.8, 4) is 0 Å². The van der Waals surface area contributed by atoms with Gasteiger partial charge in [-0.2, -0.15) is 0 Å². The quantitative estimate of drug-likeness (QED) is 0.0263. The predicted molar refractivity (Wildman–Crippen MR) is 244 cm³/mol. The van der Waals surface area contributed by atoms with Crippen molar-refractivity contribution < 1.29 is 39.8 Å². The lowest BCUT2D eigenvalue weighted by Crippen LogP contribution is -2.60. The first-order chi connectivity index (χ1) is 28.8. The van der Waals surface area contributed by atoms with Crippen molar-refractivity contribution in [1.29, 1.82) is 0 Å². The van der Waals surface area contributed by atoms with Crippen LogP contribution >= 0.6 is 0 Å². The third-order valence-electron chi connectivity index (χ3n) is 12.0. The van der Waals surface area contributed by atoms with Crippen LogP contribution in [0.25, 0.3) is 0 Å². The van der Waals surface area contributed by atoms with E-state index in [0.717, 1.165) is 38.5 Å². The summed E-state index contributed by atoms with van der Waals surface area (Å²) >= 11 is 0. The van der Waals surface area contributed by atoms with Gasteiger partial charge in [0, 0.05) is 6.42 Å². The second-order valence-electron chi connectivity index (χ2n) is 17.6. The minimum atomic E-state index is -1.56. The molecule has 2 unspecified atom stereocenters. The van der Waals surface area contributed by atoms with E-state index in [-0.39, 0.29) is 12.5 Å². The Morgan fingerprint density at radius 3 is 1.37 bits per heavy atom. The van der Waals surface area contributed by atoms with E-state index in [0.29, 0.717) is 6.42 Å². The van der Waals surface area contributed by atoms with Gasteiger partial charge in [-0.25, -0.2) is 0 Å². The first kappa shape index (κ1) is 55.7. The summed E-state index contributed by atoms with van der Waals surface area (Å²) in [4.78, 5) is 13.0. The van der Waals surface area contributed by atoms with Gasteiger partial charge in [0.05, 0.1) is 25.4 Å². The third kappa shape index (κ3) is 31.2. The molecule has 1 aliphatic rings. The molecule has 348 valence electrons. The van der Waals surface area contributed by atoms with Gasteiger partial charge in [0.2, 0.25) is 5.91 Å². The van der Waals surface area contributed by atoms with E-state index in [4.69, 9.17) is 9.47 Å². The zero-order chi connectivity index (χ0) is 43.0. The number of hydrogen-bond acceptors (Lipinski definition) is 8. The number of carbonyl (C=O) groups excluding carboxylic acids is 1. The fraction of sp³-hybridized carbons (Fsp3) is 0.900. The molecule has 0 aromatic heterocycles. The van der Waals surface area contributed by atoms with E-state index < -0.39 is 49.5 Å². The fourth-order valence-electron chi connectivity index (χ4n) is 7.97. The molecule has 1 heterocycles. The molecule has 0 aliphatic carbocycles. The first-order valence-corrected chi connectivity index (χ1v) is 25.1. The van der Waals surface area contributed by atoms with E-state index in [1.807, 2.05) is 6.08 Å². The first-order valence-electron chi connectivity index (χ1n) is 25.1. The van der Waals surface area contributed by atoms with Crippen molar-refractivity contribution >= 4 is 5.91 Å². The summed E-state index contributed by atoms with van der Waals surface area (Å²) in [5, 5.41) is 54.2. The Balaban J connectivity index is 2.25. The van der Waals surface area contributed by atoms with Crippen LogP contribution in [-0.2, 0) is 14.3 Å². The number of nitrogens with one attached hydrogen (secondary N) is 1. The van der Waals surface area contributed by atoms with E-state index in [9.17, 15) is 30.3 Å². The number of aliphatic hydroxyl groups is 5. The fourth-order valence-corrected chi connectivity index (χ4v) is 7.97. The lowest BCUT2D eigenvalue weighted by atomic mass is 9.99. The highest BCUT2D eigenvalue weighted by molar-refractivity contribution is 5.76. The van der Waals surface area contributed by atoms with E-state index in [2.05, 4.69) is 31.3 Å². The second kappa shape index (κ2) is 40.7. The van der Waals surface area contributed by atoms with Crippen molar-refractivity contribution in [3.05, 3.63) is 24.3 Å². The zero-order valence-electron chi connectivity index (χ0n) is 38.3. The highest BCUT2D eigenvalue weighted by Gasteiger charge is 2.44. The number of unbranched alkanes of at least 4 members (excludes halogenated alkanes) is 30. The van der Waals surface area contributed by atoms with Gasteiger partial charge in [0.25, 0.3) is 0 Å². The largest absolute Gasteiger partial charge is 0.394 e. The summed E-state index contributed by atoms with van der Waals surface area (Å²) in [6.45, 7) is 3.78. The van der Waals surface area contributed by atoms with E-state index in [1.165, 1.54) is 173 Å². The van der Waals surface area contributed by atoms with Gasteiger partial charge < -0.3 is 40.3 Å². The molecule has 0 bridgehead atoms. The van der Waals surface area contributed by atoms with Crippen LogP contribution in [0.1, 0.15) is 232 Å². The molecule has 0 radical (unpaired) electrons. The molecule has 9 nitrogen and oxygen atoms in total. The third-order valence-corrected chi connectivity index (χ3v) is 12.0. The van der Waals surface area contributed by atoms with Crippen molar-refractivity contribution in [1.82, 2.24) is 5.32 Å². The molecule has 0 aromatic carbocycles. The summed E-state index contributed by atoms with van der Waals surface area (Å²) in [5.74, 6) is -0.176. The molecule has 0 saturated carbocycles. The monoisotopic (exact) mass is 838 g/mol. The molecule has 1 fully saturated rings. The predicted octanol–water partition coefficient (Wildman–Crippen LogP) is 11.1. The molecule has 9 heteroatoms. The van der Waals surface area contributed by atoms with Crippen LogP contribution in [0, 0.1) is 0 Å². The van der Waals surface area contributed by atoms with Crippen LogP contribution in [0.15, 0.2) is 24.3 Å². The van der Waals surface area contributed by atoms with E-state index >= 15 is 0 Å². The number of hydrogen-bond donors (Lipinski definition) is 6. The Kier molecular flexibility index (Phi) is 38.4. The van der Waals surface area contributed by atoms with Crippen molar-refractivity contribution in [2.75, 3.05) is 13.2 Å². The highest BCUT2D eigenvalue weighted by Crippen LogP contribution is 2.23. The molecular weight excluding hydrogens is 743 g/mol. The normalized spacial score (nSPS) is 20.8. The van der Waals surface area contributed by atoms with Crippen LogP contribution in [-0.4, -0.2) is 87.5 Å². The van der Waals surface area contributed by atoms with Crippen LogP contribution < -0.4 is 5.32 Å². The molecule has 1 saturated heterocycles. The highest BCUT2D eigenvalue weighted by atomic mass is 16.7. The maximum absolute atomic E-state index is 13.0. The maximum Gasteiger partial charge on any atom is 0.220 e. The van der Waals surface area contributed by atoms with Crippen molar-refractivity contribution in [2.24, 2.45) is 0 Å². The number of allylic oxidation sites excluding steroid dienone is 3. The second-order valence-corrected chi connectivity index (χ2v) is 17.6. The molecular formula is C50H95NO8. The molecule has 1 aliphatic heterocycles. The van der Waals surface area contributed by atoms with Crippen LogP contribution in [0.5, 0.6) is 0 Å². The van der Waals surface area contributed by atoms with Crippen LogP contribution in [0.2, 0.25) is 0 Å². The number of amides is 1. The number of ether oxygens (including phenoxy) is 2. The lowest BCUT2D eigenvalue weighted by molar-refractivity contribution is -0.302. The summed E-state index contributed by atoms with van der Waals surface area (Å²) in [7, 11) is 0. The van der Waals surface area contributed by atoms with Gasteiger partial charge in [0.15, 0.2) is 6.29 Å². The average Bonchev–Trinajstić information content (AvgIpc) is 3.23. The minimum absolute atomic E-state index is 0.176. The molecule has 1 rings (SSSR count). The molecule has 59 heavy (non-hydrogen) atoms. The van der Waals surface area contributed by atoms with Gasteiger partial charge in [-0.05, 0) is 44.9 Å². The molecule has 1 amide bonds. The topological polar surface area (TPSA) is 149 Å². The summed E-state index contributed by atoms with van der Waals surface area (Å²) < 4.78 is 11.2. The average molecular weight is 838 g/mol. The number of rotatable bonds is 42. The summed E-state index contributed by atoms with van der Waals surface area (Å²) in [5.41, 5.74) is 0. The Bertz CT molecular complexity index is 977. The Hall–Kier alpha value is -1.33. The lowest BCUT2D eigenvalue weighted by Gasteiger charge is -2.40. The molecule has 6 N–H and O–H groups in total. The summed E-state index contributed by atoms with van der Waals surface area (Å²) in [6.07, 6.45) is 42.3. The van der Waals surface area contributed by atoms with Gasteiger partial charge in [-0.15, -0.1) is 0 Å². The van der Waals surface area contributed by atoms with Gasteiger partial charge >= 0.3 is 0 Å². The zero-order valence-corrected chi connectivity index (χ0v) is 38.3. The van der Waals surface area contributed by atoms with Gasteiger partial charge in [-0.1, -0.05) is 205 Å². The van der Waals surface area contributed by atoms with Gasteiger partial charge in [0.1, 0.15) is 24.4 Å².